The summed E-state index contributed by atoms with van der Waals surface area (Å²) in [7, 11) is 0. The lowest BCUT2D eigenvalue weighted by molar-refractivity contribution is 0.103. The number of halogens is 1. The van der Waals surface area contributed by atoms with Gasteiger partial charge in [0.2, 0.25) is 0 Å². The summed E-state index contributed by atoms with van der Waals surface area (Å²) in [5.41, 5.74) is 6.74. The highest BCUT2D eigenvalue weighted by Crippen LogP contribution is 2.24. The number of rotatable bonds is 2. The summed E-state index contributed by atoms with van der Waals surface area (Å²) in [4.78, 5) is 16.4. The number of nitrogens with zero attached hydrogens (tertiary/aromatic N) is 1. The maximum Gasteiger partial charge on any atom is 0.267 e. The van der Waals surface area contributed by atoms with Gasteiger partial charge in [0.15, 0.2) is 5.13 Å². The zero-order valence-electron chi connectivity index (χ0n) is 9.03. The van der Waals surface area contributed by atoms with Crippen LogP contribution in [0.3, 0.4) is 0 Å². The van der Waals surface area contributed by atoms with Crippen molar-refractivity contribution < 1.29 is 4.79 Å². The maximum absolute atomic E-state index is 11.9. The molecule has 0 spiro atoms. The average Bonchev–Trinajstić information content (AvgIpc) is 2.61. The van der Waals surface area contributed by atoms with Gasteiger partial charge in [0.1, 0.15) is 4.88 Å². The van der Waals surface area contributed by atoms with Crippen molar-refractivity contribution in [2.45, 2.75) is 6.92 Å². The van der Waals surface area contributed by atoms with E-state index in [1.807, 2.05) is 0 Å². The third kappa shape index (κ3) is 2.57. The van der Waals surface area contributed by atoms with Crippen LogP contribution in [0.1, 0.15) is 15.4 Å². The summed E-state index contributed by atoms with van der Waals surface area (Å²) >= 11 is 7.11. The molecule has 0 fully saturated rings. The maximum atomic E-state index is 11.9. The molecular weight excluding hydrogens is 258 g/mol. The van der Waals surface area contributed by atoms with E-state index in [9.17, 15) is 4.79 Å². The first-order valence-corrected chi connectivity index (χ1v) is 6.06. The van der Waals surface area contributed by atoms with Crippen LogP contribution in [0.5, 0.6) is 0 Å². The van der Waals surface area contributed by atoms with Gasteiger partial charge in [-0.05, 0) is 19.1 Å². The minimum Gasteiger partial charge on any atom is -0.375 e. The molecule has 0 aliphatic carbocycles. The fraction of sp³-hybridized carbons (Fsp3) is 0.0909. The van der Waals surface area contributed by atoms with E-state index < -0.39 is 0 Å². The summed E-state index contributed by atoms with van der Waals surface area (Å²) in [6, 6.07) is 7.05. The predicted octanol–water partition coefficient (Wildman–Crippen LogP) is 2.94. The Bertz CT molecular complexity index is 568. The molecule has 17 heavy (non-hydrogen) atoms. The van der Waals surface area contributed by atoms with E-state index in [-0.39, 0.29) is 5.91 Å². The van der Waals surface area contributed by atoms with E-state index in [2.05, 4.69) is 10.3 Å². The number of para-hydroxylation sites is 1. The fourth-order valence-corrected chi connectivity index (χ4v) is 2.28. The molecule has 0 unspecified atom stereocenters. The molecule has 1 aromatic carbocycles. The Morgan fingerprint density at radius 1 is 1.47 bits per heavy atom. The first-order chi connectivity index (χ1) is 8.08. The molecule has 2 rings (SSSR count). The smallest absolute Gasteiger partial charge is 0.267 e. The van der Waals surface area contributed by atoms with E-state index in [1.54, 1.807) is 31.2 Å². The number of hydrogen-bond acceptors (Lipinski definition) is 4. The molecule has 1 amide bonds. The van der Waals surface area contributed by atoms with Crippen molar-refractivity contribution in [2.75, 3.05) is 11.1 Å². The van der Waals surface area contributed by atoms with Crippen molar-refractivity contribution in [2.24, 2.45) is 0 Å². The number of anilines is 2. The molecule has 88 valence electrons. The number of thiazole rings is 1. The van der Waals surface area contributed by atoms with E-state index in [0.29, 0.717) is 26.4 Å². The zero-order valence-corrected chi connectivity index (χ0v) is 10.6. The van der Waals surface area contributed by atoms with Crippen LogP contribution in [0, 0.1) is 6.92 Å². The van der Waals surface area contributed by atoms with Gasteiger partial charge < -0.3 is 11.1 Å². The van der Waals surface area contributed by atoms with E-state index >= 15 is 0 Å². The zero-order chi connectivity index (χ0) is 12.4. The van der Waals surface area contributed by atoms with Crippen molar-refractivity contribution in [3.63, 3.8) is 0 Å². The number of amides is 1. The second-order valence-electron chi connectivity index (χ2n) is 3.40. The van der Waals surface area contributed by atoms with Crippen LogP contribution in [0.25, 0.3) is 0 Å². The molecule has 1 aromatic heterocycles. The third-order valence-electron chi connectivity index (χ3n) is 2.14. The Morgan fingerprint density at radius 3 is 2.76 bits per heavy atom. The van der Waals surface area contributed by atoms with Gasteiger partial charge in [-0.15, -0.1) is 0 Å². The van der Waals surface area contributed by atoms with Crippen LogP contribution in [0.4, 0.5) is 10.8 Å². The van der Waals surface area contributed by atoms with Gasteiger partial charge in [-0.3, -0.25) is 4.79 Å². The number of hydrogen-bond donors (Lipinski definition) is 2. The molecule has 0 saturated carbocycles. The number of nitrogens with two attached hydrogens (primary N) is 1. The summed E-state index contributed by atoms with van der Waals surface area (Å²) in [6.07, 6.45) is 0. The van der Waals surface area contributed by atoms with Crippen molar-refractivity contribution in [1.82, 2.24) is 4.98 Å². The van der Waals surface area contributed by atoms with E-state index in [4.69, 9.17) is 17.3 Å². The molecule has 0 aliphatic heterocycles. The molecule has 4 nitrogen and oxygen atoms in total. The quantitative estimate of drug-likeness (QED) is 0.879. The van der Waals surface area contributed by atoms with Crippen molar-refractivity contribution in [1.29, 1.82) is 0 Å². The topological polar surface area (TPSA) is 68.0 Å². The number of nitrogen functional groups attached to an aromatic ring is 1. The van der Waals surface area contributed by atoms with Crippen molar-refractivity contribution >= 4 is 39.7 Å². The number of carbonyl (C=O) groups is 1. The molecule has 0 atom stereocenters. The summed E-state index contributed by atoms with van der Waals surface area (Å²) < 4.78 is 0. The standard InChI is InChI=1S/C11H10ClN3OS/c1-6-9(17-11(13)14-6)10(16)15-8-5-3-2-4-7(8)12/h2-5H,1H3,(H2,13,14)(H,15,16). The van der Waals surface area contributed by atoms with Crippen LogP contribution >= 0.6 is 22.9 Å². The Labute approximate surface area is 107 Å². The van der Waals surface area contributed by atoms with Crippen LogP contribution in [0.15, 0.2) is 24.3 Å². The number of aryl methyl sites for hydroxylation is 1. The summed E-state index contributed by atoms with van der Waals surface area (Å²) in [6.45, 7) is 1.74. The lowest BCUT2D eigenvalue weighted by Crippen LogP contribution is -2.11. The Hall–Kier alpha value is -1.59. The molecule has 0 aliphatic rings. The Kier molecular flexibility index (Phi) is 3.31. The van der Waals surface area contributed by atoms with Gasteiger partial charge in [0.25, 0.3) is 5.91 Å². The summed E-state index contributed by atoms with van der Waals surface area (Å²) in [5.74, 6) is -0.246. The van der Waals surface area contributed by atoms with Crippen LogP contribution in [-0.4, -0.2) is 10.9 Å². The highest BCUT2D eigenvalue weighted by Gasteiger charge is 2.15. The lowest BCUT2D eigenvalue weighted by Gasteiger charge is -2.05. The molecule has 1 heterocycles. The monoisotopic (exact) mass is 267 g/mol. The molecular formula is C11H10ClN3OS. The second-order valence-corrected chi connectivity index (χ2v) is 4.84. The minimum atomic E-state index is -0.246. The number of nitrogens with one attached hydrogen (secondary N) is 1. The van der Waals surface area contributed by atoms with Crippen molar-refractivity contribution in [3.05, 3.63) is 39.9 Å². The molecule has 0 saturated heterocycles. The van der Waals surface area contributed by atoms with Crippen LogP contribution < -0.4 is 11.1 Å². The second kappa shape index (κ2) is 4.73. The molecule has 3 N–H and O–H groups in total. The third-order valence-corrected chi connectivity index (χ3v) is 3.46. The SMILES string of the molecule is Cc1nc(N)sc1C(=O)Nc1ccccc1Cl. The average molecular weight is 268 g/mol. The molecule has 2 aromatic rings. The normalized spacial score (nSPS) is 10.2. The van der Waals surface area contributed by atoms with Crippen LogP contribution in [0.2, 0.25) is 5.02 Å². The number of aromatic nitrogens is 1. The van der Waals surface area contributed by atoms with Crippen molar-refractivity contribution in [3.8, 4) is 0 Å². The number of benzene rings is 1. The van der Waals surface area contributed by atoms with E-state index in [1.165, 1.54) is 0 Å². The molecule has 0 radical (unpaired) electrons. The number of carbonyl (C=O) groups excluding carboxylic acids is 1. The first kappa shape index (κ1) is 11.9. The largest absolute Gasteiger partial charge is 0.375 e. The Balaban J connectivity index is 2.23. The first-order valence-electron chi connectivity index (χ1n) is 4.86. The van der Waals surface area contributed by atoms with Gasteiger partial charge in [-0.2, -0.15) is 0 Å². The molecule has 0 bridgehead atoms. The Morgan fingerprint density at radius 2 is 2.18 bits per heavy atom. The lowest BCUT2D eigenvalue weighted by atomic mass is 10.3. The van der Waals surface area contributed by atoms with Gasteiger partial charge >= 0.3 is 0 Å². The fourth-order valence-electron chi connectivity index (χ4n) is 1.37. The predicted molar refractivity (Wildman–Crippen MR) is 70.7 cm³/mol. The summed E-state index contributed by atoms with van der Waals surface area (Å²) in [5, 5.41) is 3.60. The van der Waals surface area contributed by atoms with Gasteiger partial charge in [-0.1, -0.05) is 35.1 Å². The van der Waals surface area contributed by atoms with Gasteiger partial charge in [0.05, 0.1) is 16.4 Å². The van der Waals surface area contributed by atoms with E-state index in [0.717, 1.165) is 11.3 Å². The van der Waals surface area contributed by atoms with Gasteiger partial charge in [-0.25, -0.2) is 4.98 Å². The van der Waals surface area contributed by atoms with Crippen LogP contribution in [-0.2, 0) is 0 Å². The highest BCUT2D eigenvalue weighted by molar-refractivity contribution is 7.17. The molecule has 6 heteroatoms. The minimum absolute atomic E-state index is 0.246. The van der Waals surface area contributed by atoms with Gasteiger partial charge in [0, 0.05) is 0 Å². The highest BCUT2D eigenvalue weighted by atomic mass is 35.5.